The zero-order chi connectivity index (χ0) is 36.1. The van der Waals surface area contributed by atoms with Crippen LogP contribution in [-0.2, 0) is 31.8 Å². The number of halogens is 1. The van der Waals surface area contributed by atoms with E-state index in [1.165, 1.54) is 25.2 Å². The summed E-state index contributed by atoms with van der Waals surface area (Å²) in [5, 5.41) is 48.5. The van der Waals surface area contributed by atoms with E-state index in [-0.39, 0.29) is 30.7 Å². The second-order valence-corrected chi connectivity index (χ2v) is 15.0. The van der Waals surface area contributed by atoms with Crippen molar-refractivity contribution in [1.82, 2.24) is 14.6 Å². The fourth-order valence-corrected chi connectivity index (χ4v) is 6.86. The number of amides is 1. The van der Waals surface area contributed by atoms with Crippen molar-refractivity contribution in [2.75, 3.05) is 26.7 Å². The number of hydrogen-bond donors (Lipinski definition) is 6. The number of ether oxygens (including phenoxy) is 2. The van der Waals surface area contributed by atoms with Crippen molar-refractivity contribution in [3.05, 3.63) is 77.1 Å². The van der Waals surface area contributed by atoms with Gasteiger partial charge in [0.15, 0.2) is 6.10 Å². The molecule has 5 rings (SSSR count). The van der Waals surface area contributed by atoms with Crippen LogP contribution < -0.4 is 9.46 Å². The monoisotopic (exact) mass is 733 g/mol. The lowest BCUT2D eigenvalue weighted by atomic mass is 9.96. The molecule has 2 fully saturated rings. The van der Waals surface area contributed by atoms with Crippen molar-refractivity contribution in [2.45, 2.75) is 86.1 Å². The molecule has 13 nitrogen and oxygen atoms in total. The number of nitrogens with zero attached hydrogens (tertiary/aromatic N) is 2. The highest BCUT2D eigenvalue weighted by molar-refractivity contribution is 7.89. The molecule has 1 amide bonds. The largest absolute Gasteiger partial charge is 0.490 e. The summed E-state index contributed by atoms with van der Waals surface area (Å²) in [4.78, 5) is 17.9. The van der Waals surface area contributed by atoms with Gasteiger partial charge < -0.3 is 39.9 Å². The molecule has 1 aromatic heterocycles. The second-order valence-electron chi connectivity index (χ2n) is 12.8. The molecular formula is C35H44ClN3O10S. The Labute approximate surface area is 296 Å². The number of para-hydroxylation sites is 1. The van der Waals surface area contributed by atoms with Crippen molar-refractivity contribution < 1.29 is 48.2 Å². The summed E-state index contributed by atoms with van der Waals surface area (Å²) >= 11 is 6.50. The number of aliphatic hydroxyl groups excluding tert-OH is 5. The Morgan fingerprint density at radius 3 is 2.50 bits per heavy atom. The van der Waals surface area contributed by atoms with Gasteiger partial charge in [-0.3, -0.25) is 9.78 Å². The van der Waals surface area contributed by atoms with Crippen LogP contribution in [-0.4, -0.2) is 107 Å². The third-order valence-corrected chi connectivity index (χ3v) is 10.8. The number of aliphatic hydroxyl groups is 5. The maximum absolute atomic E-state index is 13.2. The lowest BCUT2D eigenvalue weighted by molar-refractivity contribution is -0.157. The predicted octanol–water partition coefficient (Wildman–Crippen LogP) is 2.10. The first kappa shape index (κ1) is 38.1. The average molecular weight is 734 g/mol. The molecule has 0 aliphatic heterocycles. The number of hydrogen-bond acceptors (Lipinski definition) is 11. The molecule has 0 radical (unpaired) electrons. The van der Waals surface area contributed by atoms with Gasteiger partial charge in [-0.1, -0.05) is 29.8 Å². The third-order valence-electron chi connectivity index (χ3n) is 8.94. The van der Waals surface area contributed by atoms with Gasteiger partial charge in [-0.2, -0.15) is 0 Å². The predicted molar refractivity (Wildman–Crippen MR) is 184 cm³/mol. The van der Waals surface area contributed by atoms with E-state index >= 15 is 0 Å². The van der Waals surface area contributed by atoms with Crippen LogP contribution in [0.25, 0.3) is 11.1 Å². The van der Waals surface area contributed by atoms with E-state index in [0.29, 0.717) is 23.4 Å². The molecular weight excluding hydrogens is 690 g/mol. The molecule has 1 heterocycles. The SMILES string of the molecule is CN(CCCCNS(=O)(=O)c1ccc(Cl)c(COC2(c3cnccc3-c3ccccc3OC3CC3)CC2)c1)C(=O)C(O)C(O)C(O)C(O)CO. The Morgan fingerprint density at radius 1 is 1.06 bits per heavy atom. The van der Waals surface area contributed by atoms with E-state index in [1.54, 1.807) is 6.20 Å². The fourth-order valence-electron chi connectivity index (χ4n) is 5.57. The van der Waals surface area contributed by atoms with E-state index in [4.69, 9.17) is 26.2 Å². The molecule has 0 saturated heterocycles. The van der Waals surface area contributed by atoms with Crippen molar-refractivity contribution in [2.24, 2.45) is 0 Å². The number of carbonyl (C=O) groups is 1. The number of sulfonamides is 1. The summed E-state index contributed by atoms with van der Waals surface area (Å²) < 4.78 is 41.5. The average Bonchev–Trinajstić information content (AvgIpc) is 4.07. The summed E-state index contributed by atoms with van der Waals surface area (Å²) in [5.41, 5.74) is 2.79. The molecule has 2 aliphatic carbocycles. The molecule has 0 bridgehead atoms. The number of rotatable bonds is 19. The van der Waals surface area contributed by atoms with Crippen LogP contribution in [0.5, 0.6) is 5.75 Å². The second kappa shape index (κ2) is 16.4. The number of pyridine rings is 1. The number of nitrogens with one attached hydrogen (secondary N) is 1. The molecule has 2 saturated carbocycles. The van der Waals surface area contributed by atoms with Gasteiger partial charge in [0.1, 0.15) is 24.1 Å². The number of benzene rings is 2. The Hall–Kier alpha value is -3.18. The smallest absolute Gasteiger partial charge is 0.253 e. The molecule has 6 N–H and O–H groups in total. The van der Waals surface area contributed by atoms with Gasteiger partial charge >= 0.3 is 0 Å². The number of unbranched alkanes of at least 4 members (excludes halogenated alkanes) is 1. The maximum atomic E-state index is 13.2. The Kier molecular flexibility index (Phi) is 12.5. The van der Waals surface area contributed by atoms with Crippen molar-refractivity contribution in [1.29, 1.82) is 0 Å². The summed E-state index contributed by atoms with van der Waals surface area (Å²) in [6.07, 6.45) is 0.427. The molecule has 2 aliphatic rings. The van der Waals surface area contributed by atoms with Crippen LogP contribution >= 0.6 is 11.6 Å². The van der Waals surface area contributed by atoms with E-state index in [2.05, 4.69) is 9.71 Å². The van der Waals surface area contributed by atoms with Crippen LogP contribution in [0.3, 0.4) is 0 Å². The van der Waals surface area contributed by atoms with E-state index in [0.717, 1.165) is 53.0 Å². The third kappa shape index (κ3) is 9.18. The zero-order valence-corrected chi connectivity index (χ0v) is 29.3. The van der Waals surface area contributed by atoms with Crippen molar-refractivity contribution in [3.8, 4) is 16.9 Å². The van der Waals surface area contributed by atoms with Crippen LogP contribution in [0, 0.1) is 0 Å². The van der Waals surface area contributed by atoms with Gasteiger partial charge in [-0.25, -0.2) is 13.1 Å². The number of carbonyl (C=O) groups excluding carboxylic acids is 1. The molecule has 4 atom stereocenters. The van der Waals surface area contributed by atoms with Crippen LogP contribution in [0.4, 0.5) is 0 Å². The Bertz CT molecular complexity index is 1740. The zero-order valence-electron chi connectivity index (χ0n) is 27.7. The minimum Gasteiger partial charge on any atom is -0.490 e. The summed E-state index contributed by atoms with van der Waals surface area (Å²) in [5.74, 6) is -0.0864. The Morgan fingerprint density at radius 2 is 1.80 bits per heavy atom. The minimum absolute atomic E-state index is 0.0200. The minimum atomic E-state index is -3.92. The van der Waals surface area contributed by atoms with E-state index in [1.807, 2.05) is 36.5 Å². The van der Waals surface area contributed by atoms with Crippen LogP contribution in [0.2, 0.25) is 5.02 Å². The normalized spacial score (nSPS) is 17.8. The fraction of sp³-hybridized carbons (Fsp3) is 0.486. The van der Waals surface area contributed by atoms with Gasteiger partial charge in [0.05, 0.1) is 29.8 Å². The Balaban J connectivity index is 1.16. The summed E-state index contributed by atoms with van der Waals surface area (Å²) in [6.45, 7) is -0.612. The van der Waals surface area contributed by atoms with Crippen molar-refractivity contribution >= 4 is 27.5 Å². The first-order chi connectivity index (χ1) is 23.9. The van der Waals surface area contributed by atoms with Gasteiger partial charge in [0.2, 0.25) is 10.0 Å². The number of aromatic nitrogens is 1. The standard InChI is InChI=1S/C35H44ClN3O10S/c1-39(34(45)33(44)32(43)31(42)29(41)20-40)17-5-4-15-38-50(46,47)24-10-11-28(36)22(18-24)21-48-35(13-14-35)27-19-37-16-12-25(27)26-6-2-3-7-30(26)49-23-8-9-23/h2-3,6-7,10-12,16,18-19,23,29,31-33,38,40-44H,4-5,8-9,13-15,17,20-21H2,1H3. The molecule has 3 aromatic rings. The highest BCUT2D eigenvalue weighted by Crippen LogP contribution is 2.53. The van der Waals surface area contributed by atoms with Gasteiger partial charge in [-0.05, 0) is 80.0 Å². The van der Waals surface area contributed by atoms with Crippen LogP contribution in [0.15, 0.2) is 65.8 Å². The highest BCUT2D eigenvalue weighted by Gasteiger charge is 2.48. The topological polar surface area (TPSA) is 199 Å². The summed E-state index contributed by atoms with van der Waals surface area (Å²) in [6, 6.07) is 14.3. The highest BCUT2D eigenvalue weighted by atomic mass is 35.5. The van der Waals surface area contributed by atoms with Gasteiger partial charge in [0, 0.05) is 48.7 Å². The molecule has 4 unspecified atom stereocenters. The molecule has 2 aromatic carbocycles. The molecule has 0 spiro atoms. The lowest BCUT2D eigenvalue weighted by Gasteiger charge is -2.28. The van der Waals surface area contributed by atoms with E-state index in [9.17, 15) is 33.6 Å². The first-order valence-corrected chi connectivity index (χ1v) is 18.4. The quantitative estimate of drug-likeness (QED) is 0.0987. The summed E-state index contributed by atoms with van der Waals surface area (Å²) in [7, 11) is -2.54. The van der Waals surface area contributed by atoms with Gasteiger partial charge in [0.25, 0.3) is 5.91 Å². The van der Waals surface area contributed by atoms with Gasteiger partial charge in [-0.15, -0.1) is 0 Å². The van der Waals surface area contributed by atoms with E-state index < -0.39 is 52.6 Å². The first-order valence-electron chi connectivity index (χ1n) is 16.6. The maximum Gasteiger partial charge on any atom is 0.253 e. The molecule has 15 heteroatoms. The molecule has 272 valence electrons. The molecule has 50 heavy (non-hydrogen) atoms. The van der Waals surface area contributed by atoms with Crippen molar-refractivity contribution in [3.63, 3.8) is 0 Å². The lowest BCUT2D eigenvalue weighted by Crippen LogP contribution is -2.52. The van der Waals surface area contributed by atoms with Crippen LogP contribution in [0.1, 0.15) is 49.7 Å². The number of likely N-dealkylation sites (N-methyl/N-ethyl adjacent to an activating group) is 1.